The maximum Gasteiger partial charge on any atom is 0.263 e. The Morgan fingerprint density at radius 1 is 1.71 bits per heavy atom. The molecule has 0 aliphatic carbocycles. The van der Waals surface area contributed by atoms with Crippen LogP contribution in [0.4, 0.5) is 0 Å². The number of rotatable bonds is 4. The number of carbonyl (C=O) groups is 1. The van der Waals surface area contributed by atoms with Crippen molar-refractivity contribution in [1.82, 2.24) is 25.5 Å². The summed E-state index contributed by atoms with van der Waals surface area (Å²) in [4.78, 5) is 12.3. The lowest BCUT2D eigenvalue weighted by molar-refractivity contribution is 0.0928. The molecule has 0 saturated heterocycles. The molecule has 0 aliphatic rings. The van der Waals surface area contributed by atoms with Crippen LogP contribution in [0, 0.1) is 0 Å². The van der Waals surface area contributed by atoms with Gasteiger partial charge in [-0.3, -0.25) is 4.79 Å². The van der Waals surface area contributed by atoms with Gasteiger partial charge in [0.1, 0.15) is 11.2 Å². The molecule has 0 spiro atoms. The molecule has 0 unspecified atom stereocenters. The number of aromatic nitrogens is 4. The first kappa shape index (κ1) is 11.7. The van der Waals surface area contributed by atoms with E-state index in [1.165, 1.54) is 22.3 Å². The Balaban J connectivity index is 2.17. The highest BCUT2D eigenvalue weighted by atomic mass is 32.1. The molecule has 2 heterocycles. The number of hydrogen-bond acceptors (Lipinski definition) is 6. The normalized spacial score (nSPS) is 12.4. The Morgan fingerprint density at radius 2 is 2.53 bits per heavy atom. The molecule has 17 heavy (non-hydrogen) atoms. The number of carbonyl (C=O) groups excluding carboxylic acids is 1. The van der Waals surface area contributed by atoms with Crippen LogP contribution in [-0.4, -0.2) is 43.9 Å². The van der Waals surface area contributed by atoms with Crippen molar-refractivity contribution in [1.29, 1.82) is 0 Å². The molecule has 0 radical (unpaired) electrons. The molecule has 0 bridgehead atoms. The van der Waals surface area contributed by atoms with Crippen molar-refractivity contribution in [2.75, 3.05) is 6.54 Å². The van der Waals surface area contributed by atoms with E-state index in [0.29, 0.717) is 10.6 Å². The molecule has 0 saturated carbocycles. The van der Waals surface area contributed by atoms with E-state index in [2.05, 4.69) is 20.8 Å². The highest BCUT2D eigenvalue weighted by molar-refractivity contribution is 7.12. The Kier molecular flexibility index (Phi) is 3.45. The summed E-state index contributed by atoms with van der Waals surface area (Å²) in [6, 6.07) is 1.76. The average molecular weight is 253 g/mol. The van der Waals surface area contributed by atoms with E-state index in [0.717, 1.165) is 0 Å². The van der Waals surface area contributed by atoms with Gasteiger partial charge in [-0.15, -0.1) is 16.4 Å². The third kappa shape index (κ3) is 2.66. The van der Waals surface area contributed by atoms with Gasteiger partial charge < -0.3 is 10.4 Å². The zero-order valence-electron chi connectivity index (χ0n) is 9.07. The Morgan fingerprint density at radius 3 is 3.18 bits per heavy atom. The maximum atomic E-state index is 11.8. The monoisotopic (exact) mass is 253 g/mol. The van der Waals surface area contributed by atoms with Crippen molar-refractivity contribution >= 4 is 17.2 Å². The van der Waals surface area contributed by atoms with Crippen molar-refractivity contribution in [2.24, 2.45) is 0 Å². The van der Waals surface area contributed by atoms with Crippen LogP contribution in [0.25, 0.3) is 5.69 Å². The number of aliphatic hydroxyl groups is 1. The van der Waals surface area contributed by atoms with Crippen LogP contribution >= 0.6 is 11.3 Å². The second-order valence-corrected chi connectivity index (χ2v) is 4.36. The summed E-state index contributed by atoms with van der Waals surface area (Å²) >= 11 is 1.30. The lowest BCUT2D eigenvalue weighted by Crippen LogP contribution is -2.30. The Bertz CT molecular complexity index is 493. The highest BCUT2D eigenvalue weighted by Gasteiger charge is 2.15. The van der Waals surface area contributed by atoms with Gasteiger partial charge in [0.05, 0.1) is 11.8 Å². The zero-order chi connectivity index (χ0) is 12.3. The number of amides is 1. The lowest BCUT2D eigenvalue weighted by atomic mass is 10.3. The fourth-order valence-electron chi connectivity index (χ4n) is 1.25. The smallest absolute Gasteiger partial charge is 0.263 e. The van der Waals surface area contributed by atoms with E-state index in [9.17, 15) is 4.79 Å². The first-order valence-corrected chi connectivity index (χ1v) is 5.83. The molecule has 1 atom stereocenters. The van der Waals surface area contributed by atoms with E-state index >= 15 is 0 Å². The summed E-state index contributed by atoms with van der Waals surface area (Å²) in [7, 11) is 0. The van der Waals surface area contributed by atoms with Crippen LogP contribution in [0.2, 0.25) is 0 Å². The van der Waals surface area contributed by atoms with Gasteiger partial charge in [0.25, 0.3) is 5.91 Å². The van der Waals surface area contributed by atoms with Gasteiger partial charge in [-0.1, -0.05) is 0 Å². The second-order valence-electron chi connectivity index (χ2n) is 3.45. The molecule has 2 N–H and O–H groups in total. The Labute approximate surface area is 101 Å². The molecule has 0 aliphatic heterocycles. The molecule has 2 rings (SSSR count). The van der Waals surface area contributed by atoms with E-state index < -0.39 is 6.10 Å². The van der Waals surface area contributed by atoms with Gasteiger partial charge in [-0.25, -0.2) is 0 Å². The predicted octanol–water partition coefficient (Wildman–Crippen LogP) is -0.166. The molecule has 0 aromatic carbocycles. The summed E-state index contributed by atoms with van der Waals surface area (Å²) in [6.45, 7) is 1.82. The standard InChI is InChI=1S/C9H11N5O2S/c1-6(15)4-10-9(16)8-7(2-3-17-8)14-5-11-12-13-14/h2-3,5-6,15H,4H2,1H3,(H,10,16)/t6-/m0/s1. The van der Waals surface area contributed by atoms with Crippen LogP contribution in [0.1, 0.15) is 16.6 Å². The Hall–Kier alpha value is -1.80. The van der Waals surface area contributed by atoms with E-state index in [-0.39, 0.29) is 12.5 Å². The van der Waals surface area contributed by atoms with Crippen LogP contribution in [0.3, 0.4) is 0 Å². The number of nitrogens with zero attached hydrogens (tertiary/aromatic N) is 4. The minimum Gasteiger partial charge on any atom is -0.392 e. The lowest BCUT2D eigenvalue weighted by Gasteiger charge is -2.06. The molecular formula is C9H11N5O2S. The number of nitrogens with one attached hydrogen (secondary N) is 1. The highest BCUT2D eigenvalue weighted by Crippen LogP contribution is 2.19. The van der Waals surface area contributed by atoms with E-state index in [4.69, 9.17) is 5.11 Å². The molecule has 7 nitrogen and oxygen atoms in total. The van der Waals surface area contributed by atoms with Gasteiger partial charge in [0, 0.05) is 6.54 Å². The molecule has 90 valence electrons. The number of hydrogen-bond donors (Lipinski definition) is 2. The van der Waals surface area contributed by atoms with Crippen molar-refractivity contribution in [3.8, 4) is 5.69 Å². The van der Waals surface area contributed by atoms with Crippen molar-refractivity contribution in [3.63, 3.8) is 0 Å². The topological polar surface area (TPSA) is 92.9 Å². The number of thiophene rings is 1. The van der Waals surface area contributed by atoms with Crippen molar-refractivity contribution in [2.45, 2.75) is 13.0 Å². The molecule has 8 heteroatoms. The second kappa shape index (κ2) is 5.02. The molecule has 1 amide bonds. The molecular weight excluding hydrogens is 242 g/mol. The SMILES string of the molecule is C[C@H](O)CNC(=O)c1sccc1-n1cnnn1. The summed E-state index contributed by atoms with van der Waals surface area (Å²) < 4.78 is 1.42. The summed E-state index contributed by atoms with van der Waals surface area (Å²) in [6.07, 6.45) is 0.850. The maximum absolute atomic E-state index is 11.8. The minimum absolute atomic E-state index is 0.214. The third-order valence-corrected chi connectivity index (χ3v) is 2.91. The van der Waals surface area contributed by atoms with Crippen LogP contribution < -0.4 is 5.32 Å². The largest absolute Gasteiger partial charge is 0.392 e. The van der Waals surface area contributed by atoms with Gasteiger partial charge in [-0.2, -0.15) is 4.68 Å². The average Bonchev–Trinajstić information content (AvgIpc) is 2.94. The van der Waals surface area contributed by atoms with Crippen molar-refractivity contribution in [3.05, 3.63) is 22.7 Å². The number of tetrazole rings is 1. The van der Waals surface area contributed by atoms with Gasteiger partial charge in [0.15, 0.2) is 0 Å². The third-order valence-electron chi connectivity index (χ3n) is 2.00. The fourth-order valence-corrected chi connectivity index (χ4v) is 2.04. The fraction of sp³-hybridized carbons (Fsp3) is 0.333. The quantitative estimate of drug-likeness (QED) is 0.789. The van der Waals surface area contributed by atoms with Crippen LogP contribution in [0.15, 0.2) is 17.8 Å². The van der Waals surface area contributed by atoms with Crippen LogP contribution in [-0.2, 0) is 0 Å². The minimum atomic E-state index is -0.574. The van der Waals surface area contributed by atoms with Gasteiger partial charge in [0.2, 0.25) is 0 Å². The zero-order valence-corrected chi connectivity index (χ0v) is 9.89. The van der Waals surface area contributed by atoms with Crippen LogP contribution in [0.5, 0.6) is 0 Å². The molecule has 2 aromatic heterocycles. The van der Waals surface area contributed by atoms with E-state index in [1.54, 1.807) is 18.4 Å². The predicted molar refractivity (Wildman–Crippen MR) is 61.0 cm³/mol. The number of aliphatic hydroxyl groups excluding tert-OH is 1. The van der Waals surface area contributed by atoms with Crippen molar-refractivity contribution < 1.29 is 9.90 Å². The first-order valence-electron chi connectivity index (χ1n) is 4.95. The summed E-state index contributed by atoms with van der Waals surface area (Å²) in [5, 5.41) is 24.3. The summed E-state index contributed by atoms with van der Waals surface area (Å²) in [5.74, 6) is -0.244. The van der Waals surface area contributed by atoms with Gasteiger partial charge in [-0.05, 0) is 28.8 Å². The summed E-state index contributed by atoms with van der Waals surface area (Å²) in [5.41, 5.74) is 0.628. The first-order chi connectivity index (χ1) is 8.18. The molecule has 0 fully saturated rings. The van der Waals surface area contributed by atoms with E-state index in [1.807, 2.05) is 0 Å². The molecule has 2 aromatic rings. The van der Waals surface area contributed by atoms with Gasteiger partial charge >= 0.3 is 0 Å².